The molecule has 1 atom stereocenters. The Labute approximate surface area is 192 Å². The topological polar surface area (TPSA) is 65.3 Å². The summed E-state index contributed by atoms with van der Waals surface area (Å²) in [7, 11) is 0. The number of halogens is 1. The molecule has 2 saturated heterocycles. The van der Waals surface area contributed by atoms with Crippen molar-refractivity contribution in [3.63, 3.8) is 0 Å². The predicted molar refractivity (Wildman–Crippen MR) is 128 cm³/mol. The normalized spacial score (nSPS) is 20.1. The molecule has 1 aromatic rings. The maximum atomic E-state index is 5.95. The second kappa shape index (κ2) is 13.5. The Morgan fingerprint density at radius 2 is 1.86 bits per heavy atom. The van der Waals surface area contributed by atoms with Crippen LogP contribution in [0.4, 0.5) is 0 Å². The largest absolute Gasteiger partial charge is 0.465 e. The first-order valence-corrected chi connectivity index (χ1v) is 10.9. The average molecular weight is 519 g/mol. The van der Waals surface area contributed by atoms with E-state index in [4.69, 9.17) is 14.1 Å². The Balaban J connectivity index is 0.00000300. The molecule has 7 nitrogen and oxygen atoms in total. The van der Waals surface area contributed by atoms with Crippen LogP contribution in [0.25, 0.3) is 0 Å². The van der Waals surface area contributed by atoms with Crippen LogP contribution in [0, 0.1) is 6.92 Å². The van der Waals surface area contributed by atoms with E-state index < -0.39 is 0 Å². The van der Waals surface area contributed by atoms with Crippen molar-refractivity contribution >= 4 is 29.9 Å². The molecule has 3 heterocycles. The zero-order valence-electron chi connectivity index (χ0n) is 18.0. The minimum absolute atomic E-state index is 0. The number of hydrogen-bond acceptors (Lipinski definition) is 5. The monoisotopic (exact) mass is 519 g/mol. The summed E-state index contributed by atoms with van der Waals surface area (Å²) in [6.07, 6.45) is 4.04. The summed E-state index contributed by atoms with van der Waals surface area (Å²) < 4.78 is 11.5. The van der Waals surface area contributed by atoms with Crippen LogP contribution < -0.4 is 10.6 Å². The molecule has 2 fully saturated rings. The van der Waals surface area contributed by atoms with E-state index in [9.17, 15) is 0 Å². The van der Waals surface area contributed by atoms with Crippen LogP contribution in [-0.4, -0.2) is 81.3 Å². The number of aryl methyl sites for hydroxylation is 1. The molecule has 2 N–H and O–H groups in total. The number of nitrogens with one attached hydrogen (secondary N) is 2. The van der Waals surface area contributed by atoms with E-state index in [1.165, 1.54) is 32.4 Å². The number of likely N-dealkylation sites (tertiary alicyclic amines) is 1. The van der Waals surface area contributed by atoms with Crippen LogP contribution in [0.5, 0.6) is 0 Å². The van der Waals surface area contributed by atoms with Crippen LogP contribution in [0.1, 0.15) is 43.7 Å². The summed E-state index contributed by atoms with van der Waals surface area (Å²) in [6.45, 7) is 13.5. The van der Waals surface area contributed by atoms with E-state index in [0.29, 0.717) is 6.54 Å². The van der Waals surface area contributed by atoms with Crippen molar-refractivity contribution in [2.75, 3.05) is 65.6 Å². The lowest BCUT2D eigenvalue weighted by atomic mass is 10.1. The van der Waals surface area contributed by atoms with E-state index in [2.05, 4.69) is 33.4 Å². The van der Waals surface area contributed by atoms with Gasteiger partial charge in [-0.15, -0.1) is 24.0 Å². The predicted octanol–water partition coefficient (Wildman–Crippen LogP) is 2.62. The second-order valence-electron chi connectivity index (χ2n) is 7.66. The fraction of sp³-hybridized carbons (Fsp3) is 0.762. The van der Waals surface area contributed by atoms with Gasteiger partial charge < -0.3 is 24.7 Å². The fourth-order valence-corrected chi connectivity index (χ4v) is 3.94. The first kappa shape index (κ1) is 24.4. The molecule has 3 rings (SSSR count). The van der Waals surface area contributed by atoms with Crippen molar-refractivity contribution in [1.82, 2.24) is 20.4 Å². The van der Waals surface area contributed by atoms with E-state index in [1.807, 2.05) is 13.0 Å². The van der Waals surface area contributed by atoms with Gasteiger partial charge in [-0.05, 0) is 51.9 Å². The summed E-state index contributed by atoms with van der Waals surface area (Å²) in [6, 6.07) is 4.27. The van der Waals surface area contributed by atoms with Gasteiger partial charge in [0.2, 0.25) is 0 Å². The smallest absolute Gasteiger partial charge is 0.191 e. The molecule has 0 aromatic carbocycles. The Morgan fingerprint density at radius 3 is 2.52 bits per heavy atom. The Bertz CT molecular complexity index is 598. The number of hydrogen-bond donors (Lipinski definition) is 2. The van der Waals surface area contributed by atoms with Crippen molar-refractivity contribution in [3.8, 4) is 0 Å². The zero-order valence-corrected chi connectivity index (χ0v) is 20.3. The highest BCUT2D eigenvalue weighted by Crippen LogP contribution is 2.24. The molecule has 166 valence electrons. The molecule has 0 amide bonds. The van der Waals surface area contributed by atoms with Crippen LogP contribution in [0.15, 0.2) is 21.5 Å². The lowest BCUT2D eigenvalue weighted by molar-refractivity contribution is 0.0135. The minimum Gasteiger partial charge on any atom is -0.465 e. The number of ether oxygens (including phenoxy) is 1. The summed E-state index contributed by atoms with van der Waals surface area (Å²) in [4.78, 5) is 9.85. The molecular weight excluding hydrogens is 481 g/mol. The number of morpholine rings is 1. The summed E-state index contributed by atoms with van der Waals surface area (Å²) in [5, 5.41) is 6.89. The maximum Gasteiger partial charge on any atom is 0.191 e. The van der Waals surface area contributed by atoms with E-state index >= 15 is 0 Å². The molecule has 2 aliphatic rings. The zero-order chi connectivity index (χ0) is 19.6. The molecule has 2 aliphatic heterocycles. The number of nitrogens with zero attached hydrogens (tertiary/aromatic N) is 3. The lowest BCUT2D eigenvalue weighted by Crippen LogP contribution is -2.44. The third kappa shape index (κ3) is 8.07. The number of piperidine rings is 1. The highest BCUT2D eigenvalue weighted by atomic mass is 127. The third-order valence-corrected chi connectivity index (χ3v) is 5.51. The first-order chi connectivity index (χ1) is 13.8. The van der Waals surface area contributed by atoms with Crippen LogP contribution in [-0.2, 0) is 4.74 Å². The third-order valence-electron chi connectivity index (χ3n) is 5.51. The van der Waals surface area contributed by atoms with Crippen LogP contribution in [0.3, 0.4) is 0 Å². The number of aliphatic imine (C=N–C) groups is 1. The van der Waals surface area contributed by atoms with Gasteiger partial charge in [-0.25, -0.2) is 0 Å². The molecule has 0 spiro atoms. The highest BCUT2D eigenvalue weighted by Gasteiger charge is 2.25. The highest BCUT2D eigenvalue weighted by molar-refractivity contribution is 14.0. The van der Waals surface area contributed by atoms with Gasteiger partial charge in [0, 0.05) is 32.7 Å². The Kier molecular flexibility index (Phi) is 11.3. The van der Waals surface area contributed by atoms with Gasteiger partial charge in [-0.2, -0.15) is 0 Å². The fourth-order valence-electron chi connectivity index (χ4n) is 3.94. The Morgan fingerprint density at radius 1 is 1.10 bits per heavy atom. The Hall–Kier alpha value is -0.840. The molecule has 29 heavy (non-hydrogen) atoms. The average Bonchev–Trinajstić information content (AvgIpc) is 3.16. The van der Waals surface area contributed by atoms with E-state index in [1.54, 1.807) is 0 Å². The van der Waals surface area contributed by atoms with Crippen molar-refractivity contribution in [2.24, 2.45) is 4.99 Å². The van der Waals surface area contributed by atoms with Crippen LogP contribution >= 0.6 is 24.0 Å². The van der Waals surface area contributed by atoms with Gasteiger partial charge in [0.1, 0.15) is 11.5 Å². The van der Waals surface area contributed by atoms with Gasteiger partial charge in [0.05, 0.1) is 25.8 Å². The summed E-state index contributed by atoms with van der Waals surface area (Å²) in [5.74, 6) is 2.83. The van der Waals surface area contributed by atoms with Crippen LogP contribution in [0.2, 0.25) is 0 Å². The summed E-state index contributed by atoms with van der Waals surface area (Å²) in [5.41, 5.74) is 0. The first-order valence-electron chi connectivity index (χ1n) is 10.9. The van der Waals surface area contributed by atoms with Gasteiger partial charge in [0.25, 0.3) is 0 Å². The maximum absolute atomic E-state index is 5.95. The molecule has 0 aliphatic carbocycles. The molecule has 0 bridgehead atoms. The molecule has 0 radical (unpaired) electrons. The lowest BCUT2D eigenvalue weighted by Gasteiger charge is -2.32. The number of guanidine groups is 1. The van der Waals surface area contributed by atoms with E-state index in [0.717, 1.165) is 63.4 Å². The van der Waals surface area contributed by atoms with Gasteiger partial charge in [-0.1, -0.05) is 6.42 Å². The standard InChI is InChI=1S/C21H37N5O2.HI/c1-3-22-21(23-9-12-25-10-5-4-6-11-25)24-17-19(20-8-7-18(2)28-20)26-13-15-27-16-14-26;/h7-8,19H,3-6,9-17H2,1-2H3,(H2,22,23,24);1H. The summed E-state index contributed by atoms with van der Waals surface area (Å²) >= 11 is 0. The molecule has 8 heteroatoms. The molecule has 1 aromatic heterocycles. The second-order valence-corrected chi connectivity index (χ2v) is 7.66. The van der Waals surface area contributed by atoms with Crippen molar-refractivity contribution in [3.05, 3.63) is 23.7 Å². The molecular formula is C21H38IN5O2. The SMILES string of the molecule is CCNC(=NCC(c1ccc(C)o1)N1CCOCC1)NCCN1CCCCC1.I. The van der Waals surface area contributed by atoms with Crippen molar-refractivity contribution in [2.45, 2.75) is 39.2 Å². The molecule has 1 unspecified atom stereocenters. The van der Waals surface area contributed by atoms with E-state index in [-0.39, 0.29) is 30.0 Å². The minimum atomic E-state index is 0. The van der Waals surface area contributed by atoms with Gasteiger partial charge >= 0.3 is 0 Å². The molecule has 0 saturated carbocycles. The van der Waals surface area contributed by atoms with Gasteiger partial charge in [0.15, 0.2) is 5.96 Å². The number of rotatable bonds is 8. The van der Waals surface area contributed by atoms with Crippen molar-refractivity contribution < 1.29 is 9.15 Å². The van der Waals surface area contributed by atoms with Crippen molar-refractivity contribution in [1.29, 1.82) is 0 Å². The quantitative estimate of drug-likeness (QED) is 0.313. The van der Waals surface area contributed by atoms with Gasteiger partial charge in [-0.3, -0.25) is 9.89 Å². The number of furan rings is 1.